The molecule has 1 unspecified atom stereocenters. The summed E-state index contributed by atoms with van der Waals surface area (Å²) in [4.78, 5) is 32.8. The molecule has 3 aliphatic heterocycles. The fourth-order valence-electron chi connectivity index (χ4n) is 6.48. The summed E-state index contributed by atoms with van der Waals surface area (Å²) in [6, 6.07) is 11.6. The molecule has 3 saturated heterocycles. The Morgan fingerprint density at radius 1 is 0.915 bits per heavy atom. The molecule has 4 aromatic rings. The van der Waals surface area contributed by atoms with Crippen molar-refractivity contribution in [2.45, 2.75) is 32.0 Å². The van der Waals surface area contributed by atoms with Crippen LogP contribution in [0.1, 0.15) is 24.2 Å². The van der Waals surface area contributed by atoms with E-state index in [9.17, 15) is 4.79 Å². The second kappa shape index (κ2) is 13.6. The van der Waals surface area contributed by atoms with Crippen molar-refractivity contribution >= 4 is 40.9 Å². The standard InChI is InChI=1S/C34H35Cl2N7O3S/c1-45-32-27(12-37-11-20-9-10-29(44)40-20)38-13-25(41-32)23-7-3-5-21(30(23)35)22-6-4-8-24(31(22)36)26-14-39-28(33(42-26)46-2)15-43-16-34(17-43)18-47-19-34/h3-8,13-14,20,37H,9-12,15-19H2,1-2H3,(H,40,44). The number of hydrogen-bond donors (Lipinski definition) is 2. The number of likely N-dealkylation sites (tertiary alicyclic amines) is 1. The molecule has 0 radical (unpaired) electrons. The maximum atomic E-state index is 11.5. The minimum Gasteiger partial charge on any atom is -0.480 e. The summed E-state index contributed by atoms with van der Waals surface area (Å²) >= 11 is 16.1. The zero-order valence-electron chi connectivity index (χ0n) is 26.2. The largest absolute Gasteiger partial charge is 0.480 e. The summed E-state index contributed by atoms with van der Waals surface area (Å²) in [5.74, 6) is 3.50. The van der Waals surface area contributed by atoms with E-state index >= 15 is 0 Å². The lowest BCUT2D eigenvalue weighted by Crippen LogP contribution is -2.62. The Bertz CT molecular complexity index is 1810. The van der Waals surface area contributed by atoms with E-state index < -0.39 is 0 Å². The highest BCUT2D eigenvalue weighted by Crippen LogP contribution is 2.46. The van der Waals surface area contributed by atoms with Gasteiger partial charge in [-0.3, -0.25) is 19.7 Å². The zero-order chi connectivity index (χ0) is 32.5. The van der Waals surface area contributed by atoms with Gasteiger partial charge in [-0.1, -0.05) is 59.6 Å². The fourth-order valence-corrected chi connectivity index (χ4v) is 8.28. The maximum absolute atomic E-state index is 11.5. The quantitative estimate of drug-likeness (QED) is 0.209. The monoisotopic (exact) mass is 691 g/mol. The van der Waals surface area contributed by atoms with Crippen LogP contribution in [-0.2, 0) is 17.9 Å². The minimum absolute atomic E-state index is 0.0898. The molecular weight excluding hydrogens is 657 g/mol. The molecular formula is C34H35Cl2N7O3S. The van der Waals surface area contributed by atoms with Crippen molar-refractivity contribution in [2.75, 3.05) is 45.4 Å². The van der Waals surface area contributed by atoms with Gasteiger partial charge in [0.15, 0.2) is 0 Å². The lowest BCUT2D eigenvalue weighted by Gasteiger charge is -2.55. The van der Waals surface area contributed by atoms with Crippen LogP contribution < -0.4 is 20.1 Å². The molecule has 2 aromatic heterocycles. The Morgan fingerprint density at radius 3 is 2.02 bits per heavy atom. The second-order valence-corrected chi connectivity index (χ2v) is 14.1. The van der Waals surface area contributed by atoms with Crippen molar-refractivity contribution in [3.05, 3.63) is 70.2 Å². The first-order chi connectivity index (χ1) is 22.9. The van der Waals surface area contributed by atoms with Gasteiger partial charge in [-0.2, -0.15) is 11.8 Å². The summed E-state index contributed by atoms with van der Waals surface area (Å²) in [6.45, 7) is 4.01. The molecule has 1 spiro atoms. The van der Waals surface area contributed by atoms with E-state index in [0.29, 0.717) is 75.9 Å². The molecule has 0 aliphatic carbocycles. The Morgan fingerprint density at radius 2 is 1.49 bits per heavy atom. The third-order valence-corrected chi connectivity index (χ3v) is 11.4. The first-order valence-electron chi connectivity index (χ1n) is 15.5. The van der Waals surface area contributed by atoms with Crippen LogP contribution in [0.15, 0.2) is 48.8 Å². The average Bonchev–Trinajstić information content (AvgIpc) is 3.47. The average molecular weight is 693 g/mol. The van der Waals surface area contributed by atoms with E-state index in [1.165, 1.54) is 11.5 Å². The topological polar surface area (TPSA) is 114 Å². The van der Waals surface area contributed by atoms with Crippen molar-refractivity contribution in [2.24, 2.45) is 5.41 Å². The number of benzene rings is 2. The lowest BCUT2D eigenvalue weighted by atomic mass is 9.83. The van der Waals surface area contributed by atoms with Crippen molar-refractivity contribution in [1.29, 1.82) is 0 Å². The molecule has 1 atom stereocenters. The van der Waals surface area contributed by atoms with Crippen molar-refractivity contribution < 1.29 is 14.3 Å². The van der Waals surface area contributed by atoms with Crippen LogP contribution in [0.5, 0.6) is 11.8 Å². The first-order valence-corrected chi connectivity index (χ1v) is 17.5. The summed E-state index contributed by atoms with van der Waals surface area (Å²) in [5, 5.41) is 7.29. The number of halogens is 2. The Kier molecular flexibility index (Phi) is 9.26. The highest BCUT2D eigenvalue weighted by atomic mass is 35.5. The number of nitrogens with one attached hydrogen (secondary N) is 2. The van der Waals surface area contributed by atoms with Gasteiger partial charge in [0, 0.05) is 84.4 Å². The maximum Gasteiger partial charge on any atom is 0.237 e. The molecule has 7 rings (SSSR count). The molecule has 0 bridgehead atoms. The number of rotatable bonds is 11. The summed E-state index contributed by atoms with van der Waals surface area (Å²) in [6.07, 6.45) is 4.84. The van der Waals surface area contributed by atoms with Gasteiger partial charge in [0.1, 0.15) is 11.4 Å². The number of nitrogens with zero attached hydrogens (tertiary/aromatic N) is 5. The van der Waals surface area contributed by atoms with Crippen LogP contribution in [-0.4, -0.2) is 82.1 Å². The van der Waals surface area contributed by atoms with Gasteiger partial charge >= 0.3 is 0 Å². The minimum atomic E-state index is 0.0898. The van der Waals surface area contributed by atoms with Crippen molar-refractivity contribution in [1.82, 2.24) is 35.5 Å². The Labute approximate surface area is 288 Å². The number of carbonyl (C=O) groups is 1. The van der Waals surface area contributed by atoms with Gasteiger partial charge in [0.25, 0.3) is 0 Å². The third-order valence-electron chi connectivity index (χ3n) is 8.93. The van der Waals surface area contributed by atoms with E-state index in [-0.39, 0.29) is 11.9 Å². The zero-order valence-corrected chi connectivity index (χ0v) is 28.5. The molecule has 47 heavy (non-hydrogen) atoms. The number of carbonyl (C=O) groups excluding carboxylic acids is 1. The number of aromatic nitrogens is 4. The molecule has 2 aromatic carbocycles. The summed E-state index contributed by atoms with van der Waals surface area (Å²) in [7, 11) is 3.19. The molecule has 3 fully saturated rings. The van der Waals surface area contributed by atoms with Crippen molar-refractivity contribution in [3.8, 4) is 45.4 Å². The van der Waals surface area contributed by atoms with Gasteiger partial charge in [-0.25, -0.2) is 9.97 Å². The van der Waals surface area contributed by atoms with Crippen molar-refractivity contribution in [3.63, 3.8) is 0 Å². The number of amides is 1. The second-order valence-electron chi connectivity index (χ2n) is 12.3. The predicted molar refractivity (Wildman–Crippen MR) is 185 cm³/mol. The van der Waals surface area contributed by atoms with Crippen LogP contribution >= 0.6 is 35.0 Å². The SMILES string of the molecule is COc1nc(-c2cccc(-c3cccc(-c4cnc(CN5CC6(CSC6)C5)c(OC)n4)c3Cl)c2Cl)cnc1CNCC1CCC(=O)N1. The number of thioether (sulfide) groups is 1. The molecule has 10 nitrogen and oxygen atoms in total. The van der Waals surface area contributed by atoms with E-state index in [1.807, 2.05) is 48.2 Å². The van der Waals surface area contributed by atoms with Gasteiger partial charge in [0.2, 0.25) is 17.7 Å². The molecule has 0 saturated carbocycles. The van der Waals surface area contributed by atoms with Crippen LogP contribution in [0.4, 0.5) is 0 Å². The van der Waals surface area contributed by atoms with Crippen LogP contribution in [0.25, 0.3) is 33.6 Å². The van der Waals surface area contributed by atoms with E-state index in [0.717, 1.165) is 41.9 Å². The number of ether oxygens (including phenoxy) is 2. The van der Waals surface area contributed by atoms with Gasteiger partial charge in [-0.05, 0) is 6.42 Å². The lowest BCUT2D eigenvalue weighted by molar-refractivity contribution is -0.119. The van der Waals surface area contributed by atoms with Crippen LogP contribution in [0.2, 0.25) is 10.0 Å². The fraction of sp³-hybridized carbons (Fsp3) is 0.382. The van der Waals surface area contributed by atoms with E-state index in [2.05, 4.69) is 20.5 Å². The highest BCUT2D eigenvalue weighted by Gasteiger charge is 2.48. The van der Waals surface area contributed by atoms with Gasteiger partial charge in [-0.15, -0.1) is 0 Å². The molecule has 3 aliphatic rings. The molecule has 2 N–H and O–H groups in total. The highest BCUT2D eigenvalue weighted by molar-refractivity contribution is 8.00. The first kappa shape index (κ1) is 32.1. The van der Waals surface area contributed by atoms with Gasteiger partial charge in [0.05, 0.1) is 48.0 Å². The smallest absolute Gasteiger partial charge is 0.237 e. The van der Waals surface area contributed by atoms with Gasteiger partial charge < -0.3 is 20.1 Å². The Balaban J connectivity index is 1.11. The normalized spacial score (nSPS) is 18.5. The van der Waals surface area contributed by atoms with Crippen LogP contribution in [0, 0.1) is 5.41 Å². The summed E-state index contributed by atoms with van der Waals surface area (Å²) in [5.41, 5.74) is 6.12. The summed E-state index contributed by atoms with van der Waals surface area (Å²) < 4.78 is 11.3. The Hall–Kier alpha value is -3.48. The molecule has 244 valence electrons. The molecule has 1 amide bonds. The number of hydrogen-bond acceptors (Lipinski definition) is 10. The third kappa shape index (κ3) is 6.51. The van der Waals surface area contributed by atoms with E-state index in [1.54, 1.807) is 26.6 Å². The molecule has 13 heteroatoms. The number of methoxy groups -OCH3 is 2. The van der Waals surface area contributed by atoms with E-state index in [4.69, 9.17) is 47.6 Å². The molecule has 5 heterocycles. The predicted octanol–water partition coefficient (Wildman–Crippen LogP) is 5.51. The van der Waals surface area contributed by atoms with Crippen LogP contribution in [0.3, 0.4) is 0 Å².